The lowest BCUT2D eigenvalue weighted by Gasteiger charge is -2.14. The Kier molecular flexibility index (Phi) is 2.58. The van der Waals surface area contributed by atoms with E-state index in [0.717, 1.165) is 24.9 Å². The normalized spacial score (nSPS) is 14.9. The Balaban J connectivity index is 1.94. The molecule has 1 aliphatic carbocycles. The molecule has 0 radical (unpaired) electrons. The van der Waals surface area contributed by atoms with Crippen molar-refractivity contribution in [3.05, 3.63) is 41.0 Å². The van der Waals surface area contributed by atoms with Gasteiger partial charge in [-0.2, -0.15) is 5.10 Å². The van der Waals surface area contributed by atoms with E-state index in [2.05, 4.69) is 16.6 Å². The molecule has 4 heteroatoms. The molecule has 18 heavy (non-hydrogen) atoms. The minimum Gasteiger partial charge on any atom is -0.346 e. The fourth-order valence-electron chi connectivity index (χ4n) is 2.62. The van der Waals surface area contributed by atoms with Crippen LogP contribution in [-0.4, -0.2) is 20.1 Å². The van der Waals surface area contributed by atoms with Crippen LogP contribution in [0, 0.1) is 6.92 Å². The maximum atomic E-state index is 11.8. The number of aromatic nitrogens is 3. The van der Waals surface area contributed by atoms with Crippen LogP contribution < -0.4 is 0 Å². The standard InChI is InChI=1S/C14H17N3O/c1-10-11(8-15-16(10)2)9-17-7-6-12-13(17)4-3-5-14(12)18/h6-8H,3-5,9H2,1-2H3. The van der Waals surface area contributed by atoms with Gasteiger partial charge in [-0.05, 0) is 25.8 Å². The van der Waals surface area contributed by atoms with Crippen molar-refractivity contribution in [3.63, 3.8) is 0 Å². The van der Waals surface area contributed by atoms with E-state index in [4.69, 9.17) is 0 Å². The first-order chi connectivity index (χ1) is 8.66. The topological polar surface area (TPSA) is 39.8 Å². The molecule has 0 amide bonds. The van der Waals surface area contributed by atoms with Crippen LogP contribution in [0.2, 0.25) is 0 Å². The molecule has 0 aliphatic heterocycles. The molecule has 2 aromatic rings. The van der Waals surface area contributed by atoms with Crippen LogP contribution in [0.1, 0.15) is 40.2 Å². The number of carbonyl (C=O) groups is 1. The highest BCUT2D eigenvalue weighted by molar-refractivity contribution is 5.98. The van der Waals surface area contributed by atoms with Gasteiger partial charge in [0.25, 0.3) is 0 Å². The summed E-state index contributed by atoms with van der Waals surface area (Å²) in [7, 11) is 1.95. The number of carbonyl (C=O) groups excluding carboxylic acids is 1. The van der Waals surface area contributed by atoms with Gasteiger partial charge in [0.1, 0.15) is 0 Å². The molecule has 0 fully saturated rings. The van der Waals surface area contributed by atoms with Crippen LogP contribution in [0.4, 0.5) is 0 Å². The monoisotopic (exact) mass is 243 g/mol. The second-order valence-corrected chi connectivity index (χ2v) is 4.96. The number of hydrogen-bond donors (Lipinski definition) is 0. The zero-order valence-electron chi connectivity index (χ0n) is 10.8. The summed E-state index contributed by atoms with van der Waals surface area (Å²) in [5, 5.41) is 4.26. The summed E-state index contributed by atoms with van der Waals surface area (Å²) in [5.41, 5.74) is 4.51. The van der Waals surface area contributed by atoms with Gasteiger partial charge in [0, 0.05) is 42.2 Å². The Bertz CT molecular complexity index is 607. The summed E-state index contributed by atoms with van der Waals surface area (Å²) in [6.07, 6.45) is 6.62. The van der Waals surface area contributed by atoms with Crippen LogP contribution in [0.25, 0.3) is 0 Å². The molecule has 1 aliphatic rings. The number of ketones is 1. The number of rotatable bonds is 2. The van der Waals surface area contributed by atoms with Crippen molar-refractivity contribution in [2.75, 3.05) is 0 Å². The lowest BCUT2D eigenvalue weighted by atomic mass is 9.97. The highest BCUT2D eigenvalue weighted by Gasteiger charge is 2.20. The summed E-state index contributed by atoms with van der Waals surface area (Å²) in [4.78, 5) is 11.8. The largest absolute Gasteiger partial charge is 0.346 e. The highest BCUT2D eigenvalue weighted by atomic mass is 16.1. The third-order valence-corrected chi connectivity index (χ3v) is 3.87. The molecular formula is C14H17N3O. The molecule has 2 aromatic heterocycles. The zero-order valence-corrected chi connectivity index (χ0v) is 10.8. The van der Waals surface area contributed by atoms with Crippen LogP contribution in [0.5, 0.6) is 0 Å². The SMILES string of the molecule is Cc1c(Cn2ccc3c2CCCC3=O)cnn1C. The second-order valence-electron chi connectivity index (χ2n) is 4.96. The van der Waals surface area contributed by atoms with Crippen molar-refractivity contribution >= 4 is 5.78 Å². The number of aryl methyl sites for hydroxylation is 1. The quantitative estimate of drug-likeness (QED) is 0.810. The van der Waals surface area contributed by atoms with Crippen molar-refractivity contribution in [1.82, 2.24) is 14.3 Å². The molecule has 0 saturated carbocycles. The fraction of sp³-hybridized carbons (Fsp3) is 0.429. The predicted molar refractivity (Wildman–Crippen MR) is 68.7 cm³/mol. The lowest BCUT2D eigenvalue weighted by molar-refractivity contribution is 0.0972. The van der Waals surface area contributed by atoms with Gasteiger partial charge in [-0.15, -0.1) is 0 Å². The maximum Gasteiger partial charge on any atom is 0.164 e. The summed E-state index contributed by atoms with van der Waals surface area (Å²) < 4.78 is 4.08. The summed E-state index contributed by atoms with van der Waals surface area (Å²) >= 11 is 0. The third kappa shape index (κ3) is 1.68. The Hall–Kier alpha value is -1.84. The molecule has 0 unspecified atom stereocenters. The molecule has 94 valence electrons. The van der Waals surface area contributed by atoms with Gasteiger partial charge in [-0.25, -0.2) is 0 Å². The van der Waals surface area contributed by atoms with E-state index in [-0.39, 0.29) is 5.78 Å². The van der Waals surface area contributed by atoms with Crippen molar-refractivity contribution in [2.24, 2.45) is 7.05 Å². The van der Waals surface area contributed by atoms with E-state index in [0.29, 0.717) is 6.42 Å². The van der Waals surface area contributed by atoms with Gasteiger partial charge in [-0.1, -0.05) is 0 Å². The summed E-state index contributed by atoms with van der Waals surface area (Å²) in [6, 6.07) is 1.96. The molecule has 0 bridgehead atoms. The fourth-order valence-corrected chi connectivity index (χ4v) is 2.62. The van der Waals surface area contributed by atoms with Gasteiger partial charge < -0.3 is 4.57 Å². The molecule has 3 rings (SSSR count). The Morgan fingerprint density at radius 3 is 2.94 bits per heavy atom. The first kappa shape index (κ1) is 11.3. The van der Waals surface area contributed by atoms with Crippen molar-refractivity contribution in [3.8, 4) is 0 Å². The first-order valence-electron chi connectivity index (χ1n) is 6.35. The minimum atomic E-state index is 0.290. The molecule has 0 aromatic carbocycles. The van der Waals surface area contributed by atoms with Crippen molar-refractivity contribution in [2.45, 2.75) is 32.7 Å². The molecule has 0 saturated heterocycles. The highest BCUT2D eigenvalue weighted by Crippen LogP contribution is 2.23. The molecule has 0 atom stereocenters. The molecule has 0 N–H and O–H groups in total. The Morgan fingerprint density at radius 2 is 2.22 bits per heavy atom. The molecule has 2 heterocycles. The van der Waals surface area contributed by atoms with E-state index in [1.807, 2.05) is 30.2 Å². The minimum absolute atomic E-state index is 0.290. The van der Waals surface area contributed by atoms with E-state index in [1.54, 1.807) is 0 Å². The number of Topliss-reactive ketones (excluding diaryl/α,β-unsaturated/α-hetero) is 1. The summed E-state index contributed by atoms with van der Waals surface area (Å²) in [6.45, 7) is 2.88. The van der Waals surface area contributed by atoms with E-state index in [9.17, 15) is 4.79 Å². The van der Waals surface area contributed by atoms with E-state index < -0.39 is 0 Å². The number of fused-ring (bicyclic) bond motifs is 1. The van der Waals surface area contributed by atoms with Crippen molar-refractivity contribution in [1.29, 1.82) is 0 Å². The Morgan fingerprint density at radius 1 is 1.39 bits per heavy atom. The smallest absolute Gasteiger partial charge is 0.164 e. The van der Waals surface area contributed by atoms with Crippen LogP contribution in [-0.2, 0) is 20.0 Å². The van der Waals surface area contributed by atoms with Crippen LogP contribution in [0.15, 0.2) is 18.5 Å². The van der Waals surface area contributed by atoms with E-state index in [1.165, 1.54) is 17.0 Å². The van der Waals surface area contributed by atoms with Gasteiger partial charge >= 0.3 is 0 Å². The molecule has 4 nitrogen and oxygen atoms in total. The van der Waals surface area contributed by atoms with Gasteiger partial charge in [-0.3, -0.25) is 9.48 Å². The maximum absolute atomic E-state index is 11.8. The van der Waals surface area contributed by atoms with Crippen LogP contribution >= 0.6 is 0 Å². The van der Waals surface area contributed by atoms with Crippen LogP contribution in [0.3, 0.4) is 0 Å². The van der Waals surface area contributed by atoms with Gasteiger partial charge in [0.15, 0.2) is 5.78 Å². The van der Waals surface area contributed by atoms with Crippen molar-refractivity contribution < 1.29 is 4.79 Å². The van der Waals surface area contributed by atoms with Gasteiger partial charge in [0.2, 0.25) is 0 Å². The Labute approximate surface area is 106 Å². The van der Waals surface area contributed by atoms with Gasteiger partial charge in [0.05, 0.1) is 12.7 Å². The second kappa shape index (κ2) is 4.12. The van der Waals surface area contributed by atoms with E-state index >= 15 is 0 Å². The zero-order chi connectivity index (χ0) is 12.7. The average molecular weight is 243 g/mol. The summed E-state index contributed by atoms with van der Waals surface area (Å²) in [5.74, 6) is 0.290. The predicted octanol–water partition coefficient (Wildman–Crippen LogP) is 2.10. The first-order valence-corrected chi connectivity index (χ1v) is 6.35. The number of nitrogens with zero attached hydrogens (tertiary/aromatic N) is 3. The molecular weight excluding hydrogens is 226 g/mol. The lowest BCUT2D eigenvalue weighted by Crippen LogP contribution is -2.13. The molecule has 0 spiro atoms. The average Bonchev–Trinajstić information content (AvgIpc) is 2.90. The third-order valence-electron chi connectivity index (χ3n) is 3.87. The number of hydrogen-bond acceptors (Lipinski definition) is 2.